The predicted octanol–water partition coefficient (Wildman–Crippen LogP) is 0.510. The smallest absolute Gasteiger partial charge is 0.233 e. The largest absolute Gasteiger partial charge is 0.355 e. The van der Waals surface area contributed by atoms with Gasteiger partial charge in [-0.2, -0.15) is 0 Å². The van der Waals surface area contributed by atoms with Crippen LogP contribution in [0, 0.1) is 23.7 Å². The lowest BCUT2D eigenvalue weighted by atomic mass is 9.85. The molecular weight excluding hydrogens is 459 g/mol. The Balaban J connectivity index is 0.00000210. The molecule has 9 heteroatoms. The van der Waals surface area contributed by atoms with E-state index in [0.29, 0.717) is 25.6 Å². The van der Waals surface area contributed by atoms with Gasteiger partial charge in [0.2, 0.25) is 11.8 Å². The molecule has 1 aromatic heterocycles. The molecular formula is C18H25IN6O2. The summed E-state index contributed by atoms with van der Waals surface area (Å²) in [6.07, 6.45) is 8.82. The van der Waals surface area contributed by atoms with E-state index in [4.69, 9.17) is 0 Å². The van der Waals surface area contributed by atoms with E-state index in [1.165, 1.54) is 4.90 Å². The summed E-state index contributed by atoms with van der Waals surface area (Å²) in [6, 6.07) is 0. The number of hydrogen-bond donors (Lipinski definition) is 2. The minimum Gasteiger partial charge on any atom is -0.355 e. The zero-order chi connectivity index (χ0) is 18.3. The maximum absolute atomic E-state index is 12.6. The topological polar surface area (TPSA) is 91.6 Å². The van der Waals surface area contributed by atoms with Gasteiger partial charge in [-0.05, 0) is 18.3 Å². The van der Waals surface area contributed by atoms with Crippen molar-refractivity contribution in [3.63, 3.8) is 0 Å². The third-order valence-corrected chi connectivity index (χ3v) is 5.75. The molecule has 3 aliphatic rings. The van der Waals surface area contributed by atoms with Crippen LogP contribution in [0.3, 0.4) is 0 Å². The number of nitrogens with one attached hydrogen (secondary N) is 2. The lowest BCUT2D eigenvalue weighted by Gasteiger charge is -2.18. The lowest BCUT2D eigenvalue weighted by Crippen LogP contribution is -2.43. The summed E-state index contributed by atoms with van der Waals surface area (Å²) >= 11 is 0. The number of halogens is 1. The second kappa shape index (κ2) is 7.99. The number of allylic oxidation sites excluding steroid dienone is 2. The highest BCUT2D eigenvalue weighted by atomic mass is 127. The van der Waals surface area contributed by atoms with Gasteiger partial charge in [0, 0.05) is 39.6 Å². The standard InChI is InChI=1S/C18H24N6O2.HI/c1-19-18(22-10-13-20-5-7-23(13)2)21-6-8-24-16(25)14-11-3-4-12(9-11)15(14)17(24)26;/h3-5,7,11-12,14-15H,6,8-10H2,1-2H3,(H2,19,21,22);1H. The van der Waals surface area contributed by atoms with E-state index in [0.717, 1.165) is 12.2 Å². The van der Waals surface area contributed by atoms with Crippen LogP contribution in [0.15, 0.2) is 29.5 Å². The van der Waals surface area contributed by atoms with Gasteiger partial charge in [-0.3, -0.25) is 19.5 Å². The third kappa shape index (κ3) is 3.48. The summed E-state index contributed by atoms with van der Waals surface area (Å²) in [5, 5.41) is 6.34. The van der Waals surface area contributed by atoms with E-state index in [-0.39, 0.29) is 59.5 Å². The van der Waals surface area contributed by atoms with Crippen molar-refractivity contribution in [2.75, 3.05) is 20.1 Å². The molecule has 0 aromatic carbocycles. The highest BCUT2D eigenvalue weighted by molar-refractivity contribution is 14.0. The zero-order valence-electron chi connectivity index (χ0n) is 15.5. The van der Waals surface area contributed by atoms with Gasteiger partial charge < -0.3 is 15.2 Å². The van der Waals surface area contributed by atoms with Crippen molar-refractivity contribution in [3.05, 3.63) is 30.4 Å². The Bertz CT molecular complexity index is 759. The number of imide groups is 1. The molecule has 4 atom stereocenters. The monoisotopic (exact) mass is 484 g/mol. The Morgan fingerprint density at radius 3 is 2.44 bits per heavy atom. The maximum Gasteiger partial charge on any atom is 0.233 e. The number of amides is 2. The Kier molecular flexibility index (Phi) is 5.87. The molecule has 2 heterocycles. The first kappa shape index (κ1) is 19.8. The fraction of sp³-hybridized carbons (Fsp3) is 0.556. The highest BCUT2D eigenvalue weighted by Crippen LogP contribution is 2.52. The molecule has 0 spiro atoms. The fourth-order valence-electron chi connectivity index (χ4n) is 4.42. The van der Waals surface area contributed by atoms with Crippen LogP contribution < -0.4 is 10.6 Å². The maximum atomic E-state index is 12.6. The number of carbonyl (C=O) groups is 2. The Morgan fingerprint density at radius 2 is 1.89 bits per heavy atom. The van der Waals surface area contributed by atoms with Crippen molar-refractivity contribution in [1.29, 1.82) is 0 Å². The van der Waals surface area contributed by atoms with Crippen molar-refractivity contribution >= 4 is 41.8 Å². The van der Waals surface area contributed by atoms with Gasteiger partial charge in [-0.1, -0.05) is 12.2 Å². The first-order chi connectivity index (χ1) is 12.6. The summed E-state index contributed by atoms with van der Waals surface area (Å²) < 4.78 is 1.93. The summed E-state index contributed by atoms with van der Waals surface area (Å²) in [6.45, 7) is 1.39. The van der Waals surface area contributed by atoms with Crippen LogP contribution in [0.5, 0.6) is 0 Å². The van der Waals surface area contributed by atoms with Crippen LogP contribution in [0.2, 0.25) is 0 Å². The Labute approximate surface area is 175 Å². The number of hydrogen-bond acceptors (Lipinski definition) is 4. The second-order valence-corrected chi connectivity index (χ2v) is 7.13. The minimum absolute atomic E-state index is 0. The SMILES string of the molecule is CN=C(NCCN1C(=O)C2C3C=CC(C3)C2C1=O)NCc1nccn1C.I. The molecule has 2 fully saturated rings. The number of aliphatic imine (C=N–C) groups is 1. The van der Waals surface area contributed by atoms with Crippen LogP contribution >= 0.6 is 24.0 Å². The summed E-state index contributed by atoms with van der Waals surface area (Å²) in [7, 11) is 3.62. The quantitative estimate of drug-likeness (QED) is 0.209. The van der Waals surface area contributed by atoms with Gasteiger partial charge in [0.05, 0.1) is 18.4 Å². The third-order valence-electron chi connectivity index (χ3n) is 5.75. The van der Waals surface area contributed by atoms with Crippen LogP contribution in [-0.4, -0.2) is 52.4 Å². The van der Waals surface area contributed by atoms with Gasteiger partial charge in [-0.25, -0.2) is 4.98 Å². The van der Waals surface area contributed by atoms with Crippen molar-refractivity contribution in [1.82, 2.24) is 25.1 Å². The van der Waals surface area contributed by atoms with E-state index in [2.05, 4.69) is 32.8 Å². The minimum atomic E-state index is -0.127. The van der Waals surface area contributed by atoms with Crippen LogP contribution in [-0.2, 0) is 23.2 Å². The number of fused-ring (bicyclic) bond motifs is 5. The van der Waals surface area contributed by atoms with E-state index < -0.39 is 0 Å². The lowest BCUT2D eigenvalue weighted by molar-refractivity contribution is -0.140. The molecule has 1 aliphatic heterocycles. The average Bonchev–Trinajstić information content (AvgIpc) is 3.39. The molecule has 1 aromatic rings. The summed E-state index contributed by atoms with van der Waals surface area (Å²) in [5.74, 6) is 1.77. The second-order valence-electron chi connectivity index (χ2n) is 7.13. The van der Waals surface area contributed by atoms with Crippen LogP contribution in [0.4, 0.5) is 0 Å². The molecule has 27 heavy (non-hydrogen) atoms. The molecule has 4 rings (SSSR count). The van der Waals surface area contributed by atoms with E-state index in [9.17, 15) is 9.59 Å². The van der Waals surface area contributed by atoms with Crippen LogP contribution in [0.25, 0.3) is 0 Å². The number of aryl methyl sites for hydroxylation is 1. The number of aromatic nitrogens is 2. The number of carbonyl (C=O) groups excluding carboxylic acids is 2. The molecule has 1 saturated heterocycles. The normalized spacial score (nSPS) is 28.5. The first-order valence-corrected chi connectivity index (χ1v) is 9.04. The number of likely N-dealkylation sites (tertiary alicyclic amines) is 1. The number of nitrogens with zero attached hydrogens (tertiary/aromatic N) is 4. The van der Waals surface area contributed by atoms with Gasteiger partial charge in [0.15, 0.2) is 5.96 Å². The predicted molar refractivity (Wildman–Crippen MR) is 111 cm³/mol. The highest BCUT2D eigenvalue weighted by Gasteiger charge is 2.58. The Morgan fingerprint density at radius 1 is 1.22 bits per heavy atom. The van der Waals surface area contributed by atoms with Crippen molar-refractivity contribution in [2.24, 2.45) is 35.7 Å². The van der Waals surface area contributed by atoms with E-state index >= 15 is 0 Å². The van der Waals surface area contributed by atoms with Crippen molar-refractivity contribution < 1.29 is 9.59 Å². The molecule has 1 saturated carbocycles. The molecule has 2 amide bonds. The van der Waals surface area contributed by atoms with Crippen molar-refractivity contribution in [3.8, 4) is 0 Å². The molecule has 0 radical (unpaired) electrons. The number of imidazole rings is 1. The van der Waals surface area contributed by atoms with Crippen LogP contribution in [0.1, 0.15) is 12.2 Å². The van der Waals surface area contributed by atoms with Gasteiger partial charge in [0.25, 0.3) is 0 Å². The number of guanidine groups is 1. The zero-order valence-corrected chi connectivity index (χ0v) is 17.8. The van der Waals surface area contributed by atoms with E-state index in [1.54, 1.807) is 13.2 Å². The summed E-state index contributed by atoms with van der Waals surface area (Å²) in [4.78, 5) is 35.1. The van der Waals surface area contributed by atoms with Gasteiger partial charge in [-0.15, -0.1) is 24.0 Å². The van der Waals surface area contributed by atoms with E-state index in [1.807, 2.05) is 17.8 Å². The van der Waals surface area contributed by atoms with Gasteiger partial charge in [0.1, 0.15) is 5.82 Å². The molecule has 4 unspecified atom stereocenters. The van der Waals surface area contributed by atoms with Gasteiger partial charge >= 0.3 is 0 Å². The molecule has 8 nitrogen and oxygen atoms in total. The summed E-state index contributed by atoms with van der Waals surface area (Å²) in [5.41, 5.74) is 0. The fourth-order valence-corrected chi connectivity index (χ4v) is 4.42. The molecule has 146 valence electrons. The molecule has 2 bridgehead atoms. The Hall–Kier alpha value is -1.91. The van der Waals surface area contributed by atoms with Crippen molar-refractivity contribution in [2.45, 2.75) is 13.0 Å². The first-order valence-electron chi connectivity index (χ1n) is 9.04. The number of rotatable bonds is 5. The molecule has 2 aliphatic carbocycles. The molecule has 2 N–H and O–H groups in total. The average molecular weight is 484 g/mol.